The van der Waals surface area contributed by atoms with Crippen molar-refractivity contribution in [3.8, 4) is 0 Å². The van der Waals surface area contributed by atoms with E-state index in [4.69, 9.17) is 4.74 Å². The van der Waals surface area contributed by atoms with Crippen molar-refractivity contribution in [2.24, 2.45) is 0 Å². The number of amides is 1. The van der Waals surface area contributed by atoms with Crippen molar-refractivity contribution < 1.29 is 9.53 Å². The average Bonchev–Trinajstić information content (AvgIpc) is 2.43. The summed E-state index contributed by atoms with van der Waals surface area (Å²) >= 11 is 3.50. The number of ether oxygens (including phenoxy) is 1. The largest absolute Gasteiger partial charge is 0.444 e. The quantitative estimate of drug-likeness (QED) is 0.709. The van der Waals surface area contributed by atoms with Gasteiger partial charge in [0.2, 0.25) is 0 Å². The van der Waals surface area contributed by atoms with Crippen molar-refractivity contribution in [3.63, 3.8) is 0 Å². The first kappa shape index (κ1) is 20.0. The van der Waals surface area contributed by atoms with E-state index in [2.05, 4.69) is 52.5 Å². The zero-order chi connectivity index (χ0) is 17.5. The summed E-state index contributed by atoms with van der Waals surface area (Å²) in [6.45, 7) is 10.4. The van der Waals surface area contributed by atoms with Crippen LogP contribution >= 0.6 is 15.9 Å². The molecule has 2 unspecified atom stereocenters. The fourth-order valence-electron chi connectivity index (χ4n) is 2.34. The van der Waals surface area contributed by atoms with Gasteiger partial charge in [-0.25, -0.2) is 4.79 Å². The molecule has 0 aromatic heterocycles. The molecule has 2 N–H and O–H groups in total. The fraction of sp³-hybridized carbons (Fsp3) is 0.611. The lowest BCUT2D eigenvalue weighted by molar-refractivity contribution is 0.0521. The molecule has 0 heterocycles. The van der Waals surface area contributed by atoms with Gasteiger partial charge in [0.25, 0.3) is 0 Å². The van der Waals surface area contributed by atoms with Crippen molar-refractivity contribution in [2.75, 3.05) is 6.54 Å². The maximum Gasteiger partial charge on any atom is 0.407 e. The molecule has 23 heavy (non-hydrogen) atoms. The number of nitrogens with one attached hydrogen (secondary N) is 2. The highest BCUT2D eigenvalue weighted by molar-refractivity contribution is 9.10. The summed E-state index contributed by atoms with van der Waals surface area (Å²) in [4.78, 5) is 11.8. The van der Waals surface area contributed by atoms with E-state index in [1.807, 2.05) is 32.9 Å². The Morgan fingerprint density at radius 3 is 2.61 bits per heavy atom. The Morgan fingerprint density at radius 1 is 1.35 bits per heavy atom. The van der Waals surface area contributed by atoms with Crippen LogP contribution < -0.4 is 10.6 Å². The maximum atomic E-state index is 11.8. The second-order valence-corrected chi connectivity index (χ2v) is 7.73. The minimum atomic E-state index is -0.471. The molecule has 0 aliphatic heterocycles. The molecule has 5 heteroatoms. The van der Waals surface area contributed by atoms with E-state index >= 15 is 0 Å². The van der Waals surface area contributed by atoms with Crippen LogP contribution in [0.4, 0.5) is 4.79 Å². The monoisotopic (exact) mass is 384 g/mol. The first-order valence-electron chi connectivity index (χ1n) is 8.19. The predicted molar refractivity (Wildman–Crippen MR) is 98.6 cm³/mol. The molecular formula is C18H29BrN2O2. The standard InChI is InChI=1S/C18H29BrN2O2/c1-6-8-16(12-20-17(22)23-18(3,4)5)21-13(2)14-9-7-10-15(19)11-14/h7,9-11,13,16,21H,6,8,12H2,1-5H3,(H,20,22). The molecule has 130 valence electrons. The molecule has 0 saturated heterocycles. The summed E-state index contributed by atoms with van der Waals surface area (Å²) in [6, 6.07) is 8.69. The minimum Gasteiger partial charge on any atom is -0.444 e. The molecule has 1 rings (SSSR count). The summed E-state index contributed by atoms with van der Waals surface area (Å²) < 4.78 is 6.36. The molecule has 1 aromatic carbocycles. The third-order valence-corrected chi connectivity index (χ3v) is 3.86. The molecule has 0 radical (unpaired) electrons. The maximum absolute atomic E-state index is 11.8. The molecule has 2 atom stereocenters. The predicted octanol–water partition coefficient (Wildman–Crippen LogP) is 4.79. The van der Waals surface area contributed by atoms with Gasteiger partial charge in [-0.2, -0.15) is 0 Å². The second-order valence-electron chi connectivity index (χ2n) is 6.81. The first-order valence-corrected chi connectivity index (χ1v) is 8.99. The van der Waals surface area contributed by atoms with Crippen molar-refractivity contribution in [1.29, 1.82) is 0 Å². The van der Waals surface area contributed by atoms with Gasteiger partial charge in [-0.15, -0.1) is 0 Å². The Kier molecular flexibility index (Phi) is 8.06. The molecule has 4 nitrogen and oxygen atoms in total. The van der Waals surface area contributed by atoms with Gasteiger partial charge in [0.1, 0.15) is 5.60 Å². The zero-order valence-electron chi connectivity index (χ0n) is 14.8. The van der Waals surface area contributed by atoms with Gasteiger partial charge in [0, 0.05) is 23.1 Å². The lowest BCUT2D eigenvalue weighted by Crippen LogP contribution is -2.43. The van der Waals surface area contributed by atoms with Crippen LogP contribution in [0, 0.1) is 0 Å². The summed E-state index contributed by atoms with van der Waals surface area (Å²) in [5.41, 5.74) is 0.749. The van der Waals surface area contributed by atoms with Gasteiger partial charge in [0.15, 0.2) is 0 Å². The van der Waals surface area contributed by atoms with E-state index in [0.29, 0.717) is 6.54 Å². The number of hydrogen-bond acceptors (Lipinski definition) is 3. The number of carbonyl (C=O) groups is 1. The van der Waals surface area contributed by atoms with E-state index in [1.165, 1.54) is 5.56 Å². The number of alkyl carbamates (subject to hydrolysis) is 1. The van der Waals surface area contributed by atoms with Crippen LogP contribution in [0.15, 0.2) is 28.7 Å². The lowest BCUT2D eigenvalue weighted by atomic mass is 10.1. The molecule has 1 aromatic rings. The van der Waals surface area contributed by atoms with Crippen LogP contribution in [-0.2, 0) is 4.74 Å². The molecular weight excluding hydrogens is 356 g/mol. The van der Waals surface area contributed by atoms with E-state index in [0.717, 1.165) is 17.3 Å². The SMILES string of the molecule is CCCC(CNC(=O)OC(C)(C)C)NC(C)c1cccc(Br)c1. The van der Waals surface area contributed by atoms with Gasteiger partial charge < -0.3 is 15.4 Å². The molecule has 0 spiro atoms. The number of rotatable bonds is 7. The molecule has 0 fully saturated rings. The van der Waals surface area contributed by atoms with Crippen LogP contribution in [0.1, 0.15) is 59.1 Å². The van der Waals surface area contributed by atoms with Gasteiger partial charge in [-0.1, -0.05) is 41.4 Å². The van der Waals surface area contributed by atoms with Crippen molar-refractivity contribution in [2.45, 2.75) is 65.1 Å². The van der Waals surface area contributed by atoms with Gasteiger partial charge in [0.05, 0.1) is 0 Å². The summed E-state index contributed by atoms with van der Waals surface area (Å²) in [5.74, 6) is 0. The average molecular weight is 385 g/mol. The van der Waals surface area contributed by atoms with E-state index in [9.17, 15) is 4.79 Å². The smallest absolute Gasteiger partial charge is 0.407 e. The lowest BCUT2D eigenvalue weighted by Gasteiger charge is -2.25. The molecule has 0 aliphatic carbocycles. The Labute approximate surface area is 148 Å². The van der Waals surface area contributed by atoms with Crippen LogP contribution in [0.3, 0.4) is 0 Å². The number of hydrogen-bond donors (Lipinski definition) is 2. The number of benzene rings is 1. The van der Waals surface area contributed by atoms with Crippen molar-refractivity contribution in [1.82, 2.24) is 10.6 Å². The Balaban J connectivity index is 2.56. The van der Waals surface area contributed by atoms with E-state index in [1.54, 1.807) is 0 Å². The van der Waals surface area contributed by atoms with Crippen LogP contribution in [0.25, 0.3) is 0 Å². The van der Waals surface area contributed by atoms with E-state index < -0.39 is 5.60 Å². The fourth-order valence-corrected chi connectivity index (χ4v) is 2.76. The Hall–Kier alpha value is -1.07. The summed E-state index contributed by atoms with van der Waals surface area (Å²) in [5, 5.41) is 6.45. The van der Waals surface area contributed by atoms with Gasteiger partial charge in [-0.3, -0.25) is 0 Å². The summed E-state index contributed by atoms with van der Waals surface area (Å²) in [7, 11) is 0. The van der Waals surface area contributed by atoms with E-state index in [-0.39, 0.29) is 18.2 Å². The minimum absolute atomic E-state index is 0.210. The van der Waals surface area contributed by atoms with Crippen LogP contribution in [0.2, 0.25) is 0 Å². The number of carbonyl (C=O) groups excluding carboxylic acids is 1. The van der Waals surface area contributed by atoms with Gasteiger partial charge in [-0.05, 0) is 51.8 Å². The highest BCUT2D eigenvalue weighted by Crippen LogP contribution is 2.18. The number of halogens is 1. The van der Waals surface area contributed by atoms with Crippen LogP contribution in [-0.4, -0.2) is 24.3 Å². The van der Waals surface area contributed by atoms with Gasteiger partial charge >= 0.3 is 6.09 Å². The van der Waals surface area contributed by atoms with Crippen molar-refractivity contribution in [3.05, 3.63) is 34.3 Å². The normalized spacial score (nSPS) is 14.2. The molecule has 1 amide bonds. The first-order chi connectivity index (χ1) is 10.7. The summed E-state index contributed by atoms with van der Waals surface area (Å²) in [6.07, 6.45) is 1.68. The third kappa shape index (κ3) is 8.37. The topological polar surface area (TPSA) is 50.4 Å². The zero-order valence-corrected chi connectivity index (χ0v) is 16.4. The van der Waals surface area contributed by atoms with Crippen molar-refractivity contribution >= 4 is 22.0 Å². The molecule has 0 saturated carbocycles. The molecule has 0 bridgehead atoms. The highest BCUT2D eigenvalue weighted by Gasteiger charge is 2.18. The molecule has 0 aliphatic rings. The Bertz CT molecular complexity index is 500. The Morgan fingerprint density at radius 2 is 2.04 bits per heavy atom. The second kappa shape index (κ2) is 9.28. The highest BCUT2D eigenvalue weighted by atomic mass is 79.9. The van der Waals surface area contributed by atoms with Crippen LogP contribution in [0.5, 0.6) is 0 Å². The third-order valence-electron chi connectivity index (χ3n) is 3.36.